The lowest BCUT2D eigenvalue weighted by molar-refractivity contribution is -0.122. The lowest BCUT2D eigenvalue weighted by Crippen LogP contribution is -2.54. The van der Waals surface area contributed by atoms with Gasteiger partial charge in [-0.2, -0.15) is 0 Å². The molecule has 38 heavy (non-hydrogen) atoms. The molecule has 2 bridgehead atoms. The average Bonchev–Trinajstić information content (AvgIpc) is 3.24. The van der Waals surface area contributed by atoms with Crippen molar-refractivity contribution in [3.05, 3.63) is 125 Å². The average molecular weight is 499 g/mol. The van der Waals surface area contributed by atoms with E-state index in [1.165, 1.54) is 4.90 Å². The summed E-state index contributed by atoms with van der Waals surface area (Å²) in [6, 6.07) is 33.4. The van der Waals surface area contributed by atoms with Crippen LogP contribution in [0.1, 0.15) is 35.1 Å². The SMILES string of the molecule is CCOc1ccc(N=CC23c4ccccc4C(c4ccccc42)C2C(=O)N(c4ccccc4)C(=O)C23)cc1. The van der Waals surface area contributed by atoms with Crippen LogP contribution < -0.4 is 9.64 Å². The summed E-state index contributed by atoms with van der Waals surface area (Å²) in [5, 5.41) is 0. The molecular formula is C33H26N2O3. The molecule has 5 nitrogen and oxygen atoms in total. The number of carbonyl (C=O) groups excluding carboxylic acids is 2. The van der Waals surface area contributed by atoms with Gasteiger partial charge in [0.05, 0.1) is 35.2 Å². The van der Waals surface area contributed by atoms with Crippen molar-refractivity contribution in [2.24, 2.45) is 16.8 Å². The number of carbonyl (C=O) groups is 2. The summed E-state index contributed by atoms with van der Waals surface area (Å²) in [4.78, 5) is 34.8. The Kier molecular flexibility index (Phi) is 5.08. The maximum Gasteiger partial charge on any atom is 0.239 e. The van der Waals surface area contributed by atoms with E-state index in [4.69, 9.17) is 9.73 Å². The number of aliphatic imine (C=N–C) groups is 1. The Balaban J connectivity index is 1.46. The minimum absolute atomic E-state index is 0.140. The fourth-order valence-corrected chi connectivity index (χ4v) is 6.85. The fraction of sp³-hybridized carbons (Fsp3) is 0.182. The Hall–Kier alpha value is -4.51. The normalized spacial score (nSPS) is 24.9. The number of anilines is 1. The fourth-order valence-electron chi connectivity index (χ4n) is 6.85. The molecule has 1 saturated heterocycles. The molecule has 0 aromatic heterocycles. The molecule has 0 spiro atoms. The number of hydrogen-bond acceptors (Lipinski definition) is 4. The first-order chi connectivity index (χ1) is 18.6. The Bertz CT molecular complexity index is 1540. The predicted molar refractivity (Wildman–Crippen MR) is 147 cm³/mol. The number of imide groups is 1. The van der Waals surface area contributed by atoms with Crippen LogP contribution in [0.5, 0.6) is 5.75 Å². The van der Waals surface area contributed by atoms with Crippen LogP contribution in [-0.2, 0) is 15.0 Å². The Morgan fingerprint density at radius 1 is 0.789 bits per heavy atom. The van der Waals surface area contributed by atoms with E-state index in [0.717, 1.165) is 33.7 Å². The molecule has 0 saturated carbocycles. The number of hydrogen-bond donors (Lipinski definition) is 0. The van der Waals surface area contributed by atoms with E-state index in [0.29, 0.717) is 12.3 Å². The highest BCUT2D eigenvalue weighted by atomic mass is 16.5. The summed E-state index contributed by atoms with van der Waals surface area (Å²) >= 11 is 0. The molecule has 8 rings (SSSR count). The lowest BCUT2D eigenvalue weighted by atomic mass is 9.47. The summed E-state index contributed by atoms with van der Waals surface area (Å²) in [7, 11) is 0. The maximum atomic E-state index is 14.3. The third kappa shape index (κ3) is 3.02. The smallest absolute Gasteiger partial charge is 0.239 e. The van der Waals surface area contributed by atoms with Gasteiger partial charge in [0, 0.05) is 12.1 Å². The van der Waals surface area contributed by atoms with Crippen molar-refractivity contribution in [1.82, 2.24) is 0 Å². The van der Waals surface area contributed by atoms with Gasteiger partial charge in [0.2, 0.25) is 11.8 Å². The van der Waals surface area contributed by atoms with E-state index < -0.39 is 17.3 Å². The minimum Gasteiger partial charge on any atom is -0.494 e. The van der Waals surface area contributed by atoms with Gasteiger partial charge in [-0.15, -0.1) is 0 Å². The summed E-state index contributed by atoms with van der Waals surface area (Å²) in [5.74, 6) is -0.792. The van der Waals surface area contributed by atoms with Gasteiger partial charge in [-0.3, -0.25) is 14.6 Å². The van der Waals surface area contributed by atoms with Crippen molar-refractivity contribution in [1.29, 1.82) is 0 Å². The third-order valence-electron chi connectivity index (χ3n) is 8.26. The first-order valence-corrected chi connectivity index (χ1v) is 13.0. The molecule has 4 aliphatic rings. The van der Waals surface area contributed by atoms with Gasteiger partial charge < -0.3 is 4.74 Å². The molecule has 4 aromatic rings. The molecule has 1 aliphatic heterocycles. The van der Waals surface area contributed by atoms with E-state index in [9.17, 15) is 9.59 Å². The van der Waals surface area contributed by atoms with Crippen molar-refractivity contribution in [2.75, 3.05) is 11.5 Å². The molecule has 186 valence electrons. The molecule has 1 heterocycles. The van der Waals surface area contributed by atoms with Crippen LogP contribution >= 0.6 is 0 Å². The van der Waals surface area contributed by atoms with Gasteiger partial charge in [-0.1, -0.05) is 66.7 Å². The Labute approximate surface area is 221 Å². The highest BCUT2D eigenvalue weighted by molar-refractivity contribution is 6.25. The molecule has 0 N–H and O–H groups in total. The molecule has 2 atom stereocenters. The van der Waals surface area contributed by atoms with Crippen LogP contribution in [0.25, 0.3) is 0 Å². The molecule has 4 aromatic carbocycles. The van der Waals surface area contributed by atoms with Crippen LogP contribution in [0.4, 0.5) is 11.4 Å². The third-order valence-corrected chi connectivity index (χ3v) is 8.26. The van der Waals surface area contributed by atoms with Crippen LogP contribution in [0.3, 0.4) is 0 Å². The maximum absolute atomic E-state index is 14.3. The zero-order chi connectivity index (χ0) is 25.9. The molecule has 0 radical (unpaired) electrons. The lowest BCUT2D eigenvalue weighted by Gasteiger charge is -2.52. The highest BCUT2D eigenvalue weighted by Gasteiger charge is 2.67. The van der Waals surface area contributed by atoms with Gasteiger partial charge >= 0.3 is 0 Å². The van der Waals surface area contributed by atoms with Gasteiger partial charge in [0.15, 0.2) is 0 Å². The summed E-state index contributed by atoms with van der Waals surface area (Å²) in [6.07, 6.45) is 1.92. The molecule has 3 aliphatic carbocycles. The summed E-state index contributed by atoms with van der Waals surface area (Å²) < 4.78 is 5.59. The van der Waals surface area contributed by atoms with Crippen LogP contribution in [-0.4, -0.2) is 24.6 Å². The number of nitrogens with zero attached hydrogens (tertiary/aromatic N) is 2. The summed E-state index contributed by atoms with van der Waals surface area (Å²) in [5.41, 5.74) is 4.80. The molecule has 5 heteroatoms. The van der Waals surface area contributed by atoms with E-state index in [1.807, 2.05) is 92.0 Å². The van der Waals surface area contributed by atoms with Crippen molar-refractivity contribution >= 4 is 29.4 Å². The Morgan fingerprint density at radius 2 is 1.39 bits per heavy atom. The van der Waals surface area contributed by atoms with E-state index >= 15 is 0 Å². The van der Waals surface area contributed by atoms with E-state index in [-0.39, 0.29) is 17.7 Å². The van der Waals surface area contributed by atoms with E-state index in [1.54, 1.807) is 0 Å². The molecule has 2 amide bonds. The number of benzene rings is 4. The second-order valence-corrected chi connectivity index (χ2v) is 10.1. The molecule has 1 fully saturated rings. The topological polar surface area (TPSA) is 59.0 Å². The molecule has 2 unspecified atom stereocenters. The monoisotopic (exact) mass is 498 g/mol. The van der Waals surface area contributed by atoms with Crippen molar-refractivity contribution in [2.45, 2.75) is 18.3 Å². The quantitative estimate of drug-likeness (QED) is 0.249. The summed E-state index contributed by atoms with van der Waals surface area (Å²) in [6.45, 7) is 2.55. The van der Waals surface area contributed by atoms with Crippen molar-refractivity contribution in [3.8, 4) is 5.75 Å². The second-order valence-electron chi connectivity index (χ2n) is 10.1. The largest absolute Gasteiger partial charge is 0.494 e. The van der Waals surface area contributed by atoms with Crippen LogP contribution in [0, 0.1) is 11.8 Å². The first kappa shape index (κ1) is 22.7. The van der Waals surface area contributed by atoms with Crippen LogP contribution in [0.15, 0.2) is 108 Å². The second kappa shape index (κ2) is 8.52. The van der Waals surface area contributed by atoms with Crippen molar-refractivity contribution in [3.63, 3.8) is 0 Å². The molecular weight excluding hydrogens is 472 g/mol. The zero-order valence-corrected chi connectivity index (χ0v) is 21.0. The van der Waals surface area contributed by atoms with Crippen molar-refractivity contribution < 1.29 is 14.3 Å². The number of rotatable bonds is 5. The van der Waals surface area contributed by atoms with Gasteiger partial charge in [0.1, 0.15) is 5.75 Å². The van der Waals surface area contributed by atoms with Gasteiger partial charge in [-0.05, 0) is 65.6 Å². The zero-order valence-electron chi connectivity index (χ0n) is 21.0. The minimum atomic E-state index is -0.874. The Morgan fingerprint density at radius 3 is 2.03 bits per heavy atom. The number of amides is 2. The van der Waals surface area contributed by atoms with E-state index in [2.05, 4.69) is 24.3 Å². The van der Waals surface area contributed by atoms with Crippen LogP contribution in [0.2, 0.25) is 0 Å². The van der Waals surface area contributed by atoms with Gasteiger partial charge in [-0.25, -0.2) is 4.90 Å². The van der Waals surface area contributed by atoms with Gasteiger partial charge in [0.25, 0.3) is 0 Å². The predicted octanol–water partition coefficient (Wildman–Crippen LogP) is 6.04. The number of ether oxygens (including phenoxy) is 1. The highest BCUT2D eigenvalue weighted by Crippen LogP contribution is 2.63. The first-order valence-electron chi connectivity index (χ1n) is 13.0. The standard InChI is InChI=1S/C33H26N2O3/c1-2-38-23-18-16-21(17-19-23)34-20-33-26-14-8-6-12-24(26)28(25-13-7-9-15-27(25)33)29-30(33)32(37)35(31(29)36)22-10-4-3-5-11-22/h3-20,28-30H,2H2,1H3. The number of para-hydroxylation sites is 1.